The van der Waals surface area contributed by atoms with E-state index in [0.29, 0.717) is 12.5 Å². The summed E-state index contributed by atoms with van der Waals surface area (Å²) >= 11 is 0. The molecule has 5 heteroatoms. The van der Waals surface area contributed by atoms with Gasteiger partial charge in [-0.05, 0) is 75.2 Å². The number of hydrogen-bond acceptors (Lipinski definition) is 4. The topological polar surface area (TPSA) is 56.1 Å². The van der Waals surface area contributed by atoms with E-state index in [2.05, 4.69) is 23.5 Å². The van der Waals surface area contributed by atoms with Crippen LogP contribution in [-0.2, 0) is 13.5 Å². The number of rotatable bonds is 10. The summed E-state index contributed by atoms with van der Waals surface area (Å²) in [7, 11) is 1.95. The molecule has 1 aromatic heterocycles. The maximum absolute atomic E-state index is 13.0. The van der Waals surface area contributed by atoms with E-state index in [1.54, 1.807) is 0 Å². The van der Waals surface area contributed by atoms with Crippen LogP contribution >= 0.6 is 0 Å². The highest BCUT2D eigenvalue weighted by atomic mass is 16.5. The van der Waals surface area contributed by atoms with Crippen LogP contribution in [0.4, 0.5) is 0 Å². The summed E-state index contributed by atoms with van der Waals surface area (Å²) in [6, 6.07) is 7.72. The van der Waals surface area contributed by atoms with Crippen molar-refractivity contribution >= 4 is 5.78 Å². The van der Waals surface area contributed by atoms with Gasteiger partial charge in [-0.1, -0.05) is 25.5 Å². The van der Waals surface area contributed by atoms with Crippen molar-refractivity contribution in [1.82, 2.24) is 15.1 Å². The monoisotopic (exact) mass is 397 g/mol. The summed E-state index contributed by atoms with van der Waals surface area (Å²) in [6.45, 7) is 4.80. The average Bonchev–Trinajstić information content (AvgIpc) is 3.01. The third-order valence-electron chi connectivity index (χ3n) is 5.83. The fourth-order valence-electron chi connectivity index (χ4n) is 4.18. The highest BCUT2D eigenvalue weighted by Gasteiger charge is 2.25. The molecule has 158 valence electrons. The minimum Gasteiger partial charge on any atom is -0.494 e. The normalized spacial score (nSPS) is 19.7. The molecular weight excluding hydrogens is 362 g/mol. The van der Waals surface area contributed by atoms with Gasteiger partial charge in [0.1, 0.15) is 5.75 Å². The Hall–Kier alpha value is -2.14. The number of ketones is 1. The van der Waals surface area contributed by atoms with Gasteiger partial charge in [0.2, 0.25) is 0 Å². The molecule has 0 saturated heterocycles. The van der Waals surface area contributed by atoms with Crippen molar-refractivity contribution in [2.75, 3.05) is 19.7 Å². The lowest BCUT2D eigenvalue weighted by Gasteiger charge is -2.16. The molecule has 0 aliphatic heterocycles. The molecule has 29 heavy (non-hydrogen) atoms. The molecule has 0 bridgehead atoms. The molecule has 3 rings (SSSR count). The fourth-order valence-corrected chi connectivity index (χ4v) is 4.18. The van der Waals surface area contributed by atoms with Crippen LogP contribution in [0.5, 0.6) is 5.75 Å². The Morgan fingerprint density at radius 1 is 1.28 bits per heavy atom. The molecule has 1 aliphatic carbocycles. The van der Waals surface area contributed by atoms with Crippen molar-refractivity contribution in [3.05, 3.63) is 47.8 Å². The Kier molecular flexibility index (Phi) is 8.29. The number of hydrogen-bond donors (Lipinski definition) is 1. The first-order valence-corrected chi connectivity index (χ1v) is 11.1. The predicted octanol–water partition coefficient (Wildman–Crippen LogP) is 4.42. The first kappa shape index (κ1) is 21.6. The number of carbonyl (C=O) groups is 1. The molecule has 0 radical (unpaired) electrons. The van der Waals surface area contributed by atoms with Crippen LogP contribution in [0.3, 0.4) is 0 Å². The number of aryl methyl sites for hydroxylation is 1. The molecule has 1 aliphatic rings. The molecule has 2 unspecified atom stereocenters. The number of aromatic nitrogens is 2. The molecule has 0 spiro atoms. The fraction of sp³-hybridized carbons (Fsp3) is 0.583. The summed E-state index contributed by atoms with van der Waals surface area (Å²) in [4.78, 5) is 13.0. The molecule has 1 N–H and O–H groups in total. The van der Waals surface area contributed by atoms with Gasteiger partial charge in [0.25, 0.3) is 0 Å². The number of benzene rings is 1. The predicted molar refractivity (Wildman–Crippen MR) is 116 cm³/mol. The standard InChI is InChI=1S/C24H35N3O2/c1-3-14-29-23-9-5-8-22(15-23)24(28)21-7-4-6-19(10-11-21)16-25-13-12-20-17-26-27(2)18-20/h5,8-9,15,17-19,21,25H,3-4,6-7,10-14,16H2,1-2H3. The van der Waals surface area contributed by atoms with E-state index in [1.807, 2.05) is 42.2 Å². The minimum absolute atomic E-state index is 0.150. The van der Waals surface area contributed by atoms with Gasteiger partial charge in [0.05, 0.1) is 12.8 Å². The largest absolute Gasteiger partial charge is 0.494 e. The van der Waals surface area contributed by atoms with Gasteiger partial charge in [0.15, 0.2) is 5.78 Å². The Bertz CT molecular complexity index is 771. The quantitative estimate of drug-likeness (QED) is 0.366. The van der Waals surface area contributed by atoms with Crippen LogP contribution in [0, 0.1) is 11.8 Å². The number of nitrogens with zero attached hydrogens (tertiary/aromatic N) is 2. The van der Waals surface area contributed by atoms with E-state index < -0.39 is 0 Å². The number of Topliss-reactive ketones (excluding diaryl/α,β-unsaturated/α-hetero) is 1. The van der Waals surface area contributed by atoms with E-state index in [-0.39, 0.29) is 11.7 Å². The molecule has 2 atom stereocenters. The van der Waals surface area contributed by atoms with Gasteiger partial charge < -0.3 is 10.1 Å². The van der Waals surface area contributed by atoms with E-state index in [4.69, 9.17) is 4.74 Å². The van der Waals surface area contributed by atoms with Crippen molar-refractivity contribution in [2.45, 2.75) is 51.9 Å². The second kappa shape index (κ2) is 11.1. The maximum atomic E-state index is 13.0. The highest BCUT2D eigenvalue weighted by molar-refractivity contribution is 5.98. The van der Waals surface area contributed by atoms with Gasteiger partial charge in [-0.2, -0.15) is 5.10 Å². The van der Waals surface area contributed by atoms with E-state index in [9.17, 15) is 4.79 Å². The summed E-state index contributed by atoms with van der Waals surface area (Å²) in [5.74, 6) is 1.91. The van der Waals surface area contributed by atoms with E-state index in [0.717, 1.165) is 62.9 Å². The molecule has 2 aromatic rings. The molecular formula is C24H35N3O2. The molecule has 1 heterocycles. The van der Waals surface area contributed by atoms with Crippen molar-refractivity contribution in [1.29, 1.82) is 0 Å². The van der Waals surface area contributed by atoms with Gasteiger partial charge in [0, 0.05) is 24.7 Å². The SMILES string of the molecule is CCCOc1cccc(C(=O)C2CCCC(CNCCc3cnn(C)c3)CC2)c1. The molecule has 0 amide bonds. The van der Waals surface area contributed by atoms with Gasteiger partial charge in [-0.25, -0.2) is 0 Å². The minimum atomic E-state index is 0.150. The lowest BCUT2D eigenvalue weighted by atomic mass is 9.90. The third-order valence-corrected chi connectivity index (χ3v) is 5.83. The van der Waals surface area contributed by atoms with Crippen molar-refractivity contribution in [3.63, 3.8) is 0 Å². The second-order valence-electron chi connectivity index (χ2n) is 8.29. The van der Waals surface area contributed by atoms with Gasteiger partial charge in [-0.15, -0.1) is 0 Å². The van der Waals surface area contributed by atoms with Crippen LogP contribution in [-0.4, -0.2) is 35.3 Å². The zero-order valence-corrected chi connectivity index (χ0v) is 17.9. The zero-order chi connectivity index (χ0) is 20.5. The summed E-state index contributed by atoms with van der Waals surface area (Å²) < 4.78 is 7.55. The van der Waals surface area contributed by atoms with Crippen LogP contribution < -0.4 is 10.1 Å². The average molecular weight is 398 g/mol. The number of ether oxygens (including phenoxy) is 1. The molecule has 1 aromatic carbocycles. The number of nitrogens with one attached hydrogen (secondary N) is 1. The molecule has 5 nitrogen and oxygen atoms in total. The van der Waals surface area contributed by atoms with Gasteiger partial charge >= 0.3 is 0 Å². The zero-order valence-electron chi connectivity index (χ0n) is 17.9. The smallest absolute Gasteiger partial charge is 0.166 e. The molecule has 1 fully saturated rings. The van der Waals surface area contributed by atoms with Gasteiger partial charge in [-0.3, -0.25) is 9.48 Å². The van der Waals surface area contributed by atoms with Crippen molar-refractivity contribution < 1.29 is 9.53 Å². The third kappa shape index (κ3) is 6.70. The Labute approximate surface area is 174 Å². The van der Waals surface area contributed by atoms with Crippen LogP contribution in [0.1, 0.15) is 61.4 Å². The van der Waals surface area contributed by atoms with E-state index >= 15 is 0 Å². The lowest BCUT2D eigenvalue weighted by Crippen LogP contribution is -2.25. The summed E-state index contributed by atoms with van der Waals surface area (Å²) in [5.41, 5.74) is 2.08. The highest BCUT2D eigenvalue weighted by Crippen LogP contribution is 2.30. The summed E-state index contributed by atoms with van der Waals surface area (Å²) in [6.07, 6.45) is 11.5. The Morgan fingerprint density at radius 2 is 2.17 bits per heavy atom. The summed E-state index contributed by atoms with van der Waals surface area (Å²) in [5, 5.41) is 7.82. The van der Waals surface area contributed by atoms with Crippen LogP contribution in [0.2, 0.25) is 0 Å². The van der Waals surface area contributed by atoms with Crippen LogP contribution in [0.25, 0.3) is 0 Å². The van der Waals surface area contributed by atoms with Crippen LogP contribution in [0.15, 0.2) is 36.7 Å². The van der Waals surface area contributed by atoms with E-state index in [1.165, 1.54) is 12.0 Å². The number of carbonyl (C=O) groups excluding carboxylic acids is 1. The van der Waals surface area contributed by atoms with Crippen molar-refractivity contribution in [2.24, 2.45) is 18.9 Å². The lowest BCUT2D eigenvalue weighted by molar-refractivity contribution is 0.0906. The first-order chi connectivity index (χ1) is 14.2. The first-order valence-electron chi connectivity index (χ1n) is 11.1. The Balaban J connectivity index is 1.43. The second-order valence-corrected chi connectivity index (χ2v) is 8.29. The Morgan fingerprint density at radius 3 is 2.97 bits per heavy atom. The molecule has 1 saturated carbocycles. The van der Waals surface area contributed by atoms with Crippen molar-refractivity contribution in [3.8, 4) is 5.75 Å². The maximum Gasteiger partial charge on any atom is 0.166 e.